The summed E-state index contributed by atoms with van der Waals surface area (Å²) in [6.07, 6.45) is 1.97. The smallest absolute Gasteiger partial charge is 0.341 e. The van der Waals surface area contributed by atoms with Crippen molar-refractivity contribution in [3.8, 4) is 5.75 Å². The van der Waals surface area contributed by atoms with Crippen LogP contribution in [0.4, 0.5) is 9.39 Å². The van der Waals surface area contributed by atoms with Crippen molar-refractivity contribution in [2.24, 2.45) is 5.92 Å². The van der Waals surface area contributed by atoms with Gasteiger partial charge in [-0.15, -0.1) is 11.3 Å². The number of halogens is 1. The lowest BCUT2D eigenvalue weighted by molar-refractivity contribution is -0.118. The zero-order valence-corrected chi connectivity index (χ0v) is 20.4. The van der Waals surface area contributed by atoms with Gasteiger partial charge in [0.25, 0.3) is 0 Å². The van der Waals surface area contributed by atoms with Gasteiger partial charge in [0.05, 0.1) is 12.2 Å². The number of carbonyl (C=O) groups excluding carboxylic acids is 2. The SMILES string of the molecule is CC(C)C(=O)Nc1sc2c(c1C(=O)OCc1cc(F)cc3c1O[C@H](c1ccccc1)OC3)CCC2. The lowest BCUT2D eigenvalue weighted by Gasteiger charge is -2.28. The van der Waals surface area contributed by atoms with Gasteiger partial charge in [0.1, 0.15) is 23.2 Å². The van der Waals surface area contributed by atoms with Crippen LogP contribution in [0.25, 0.3) is 0 Å². The van der Waals surface area contributed by atoms with Gasteiger partial charge in [-0.05, 0) is 37.0 Å². The van der Waals surface area contributed by atoms with E-state index in [0.29, 0.717) is 27.4 Å². The second kappa shape index (κ2) is 9.79. The minimum Gasteiger partial charge on any atom is -0.460 e. The van der Waals surface area contributed by atoms with Crippen LogP contribution in [-0.2, 0) is 40.3 Å². The lowest BCUT2D eigenvalue weighted by Crippen LogP contribution is -2.20. The molecule has 0 saturated carbocycles. The van der Waals surface area contributed by atoms with Gasteiger partial charge < -0.3 is 19.5 Å². The molecule has 6 nitrogen and oxygen atoms in total. The molecule has 0 fully saturated rings. The third-order valence-corrected chi connectivity index (χ3v) is 7.35. The van der Waals surface area contributed by atoms with Crippen LogP contribution in [-0.4, -0.2) is 11.9 Å². The first-order chi connectivity index (χ1) is 16.9. The Morgan fingerprint density at radius 3 is 2.77 bits per heavy atom. The number of nitrogens with one attached hydrogen (secondary N) is 1. The molecular weight excluding hydrogens is 469 g/mol. The molecule has 0 unspecified atom stereocenters. The maximum absolute atomic E-state index is 14.3. The van der Waals surface area contributed by atoms with Crippen LogP contribution in [0.1, 0.15) is 64.0 Å². The van der Waals surface area contributed by atoms with Crippen LogP contribution in [0.3, 0.4) is 0 Å². The predicted molar refractivity (Wildman–Crippen MR) is 130 cm³/mol. The van der Waals surface area contributed by atoms with Gasteiger partial charge in [-0.2, -0.15) is 0 Å². The van der Waals surface area contributed by atoms with E-state index in [2.05, 4.69) is 5.32 Å². The molecule has 1 N–H and O–H groups in total. The van der Waals surface area contributed by atoms with E-state index < -0.39 is 18.1 Å². The highest BCUT2D eigenvalue weighted by atomic mass is 32.1. The van der Waals surface area contributed by atoms with E-state index >= 15 is 0 Å². The number of hydrogen-bond donors (Lipinski definition) is 1. The van der Waals surface area contributed by atoms with Crippen molar-refractivity contribution in [3.63, 3.8) is 0 Å². The zero-order valence-electron chi connectivity index (χ0n) is 19.6. The van der Waals surface area contributed by atoms with Crippen LogP contribution < -0.4 is 10.1 Å². The number of esters is 1. The maximum Gasteiger partial charge on any atom is 0.341 e. The summed E-state index contributed by atoms with van der Waals surface area (Å²) in [5, 5.41) is 3.40. The highest BCUT2D eigenvalue weighted by Crippen LogP contribution is 2.41. The van der Waals surface area contributed by atoms with Gasteiger partial charge in [-0.25, -0.2) is 9.18 Å². The molecule has 1 amide bonds. The minimum absolute atomic E-state index is 0.154. The number of hydrogen-bond acceptors (Lipinski definition) is 6. The largest absolute Gasteiger partial charge is 0.460 e. The Morgan fingerprint density at radius 2 is 2.00 bits per heavy atom. The summed E-state index contributed by atoms with van der Waals surface area (Å²) in [4.78, 5) is 26.6. The standard InChI is InChI=1S/C27H26FNO5S/c1-15(2)24(30)29-25-22(20-9-6-10-21(20)35-25)26(31)32-13-17-11-19(28)12-18-14-33-27(34-23(17)18)16-7-4-3-5-8-16/h3-5,7-8,11-12,15,27H,6,9-10,13-14H2,1-2H3,(H,29,30)/t27-/m1/s1. The molecule has 2 aromatic carbocycles. The fraction of sp³-hybridized carbons (Fsp3) is 0.333. The third-order valence-electron chi connectivity index (χ3n) is 6.14. The number of benzene rings is 2. The van der Waals surface area contributed by atoms with Crippen molar-refractivity contribution >= 4 is 28.2 Å². The van der Waals surface area contributed by atoms with Gasteiger partial charge >= 0.3 is 5.97 Å². The summed E-state index contributed by atoms with van der Waals surface area (Å²) in [6, 6.07) is 12.2. The number of anilines is 1. The van der Waals surface area contributed by atoms with E-state index in [9.17, 15) is 14.0 Å². The number of fused-ring (bicyclic) bond motifs is 2. The quantitative estimate of drug-likeness (QED) is 0.429. The summed E-state index contributed by atoms with van der Waals surface area (Å²) < 4.78 is 31.9. The lowest BCUT2D eigenvalue weighted by atomic mass is 10.1. The second-order valence-corrected chi connectivity index (χ2v) is 10.1. The number of amides is 1. The molecule has 1 atom stereocenters. The molecule has 2 aliphatic rings. The Bertz CT molecular complexity index is 1270. The Morgan fingerprint density at radius 1 is 1.20 bits per heavy atom. The molecule has 1 aliphatic carbocycles. The first kappa shape index (κ1) is 23.5. The molecule has 2 heterocycles. The number of thiophene rings is 1. The number of ether oxygens (including phenoxy) is 3. The summed E-state index contributed by atoms with van der Waals surface area (Å²) in [5.41, 5.74) is 3.17. The Kier molecular flexibility index (Phi) is 6.58. The van der Waals surface area contributed by atoms with Crippen molar-refractivity contribution in [2.45, 2.75) is 52.6 Å². The van der Waals surface area contributed by atoms with E-state index in [4.69, 9.17) is 14.2 Å². The number of carbonyl (C=O) groups is 2. The molecule has 35 heavy (non-hydrogen) atoms. The van der Waals surface area contributed by atoms with Gasteiger partial charge in [0.15, 0.2) is 0 Å². The Hall–Kier alpha value is -3.23. The van der Waals surface area contributed by atoms with Gasteiger partial charge in [-0.1, -0.05) is 44.2 Å². The average Bonchev–Trinajstić information content (AvgIpc) is 3.43. The average molecular weight is 496 g/mol. The van der Waals surface area contributed by atoms with E-state index in [0.717, 1.165) is 35.3 Å². The minimum atomic E-state index is -0.637. The van der Waals surface area contributed by atoms with Gasteiger partial charge in [0.2, 0.25) is 12.2 Å². The zero-order chi connectivity index (χ0) is 24.5. The van der Waals surface area contributed by atoms with Crippen molar-refractivity contribution in [1.82, 2.24) is 0 Å². The molecule has 1 aromatic heterocycles. The van der Waals surface area contributed by atoms with E-state index in [1.54, 1.807) is 13.8 Å². The van der Waals surface area contributed by atoms with Crippen LogP contribution in [0, 0.1) is 11.7 Å². The van der Waals surface area contributed by atoms with E-state index in [1.165, 1.54) is 23.5 Å². The molecular formula is C27H26FNO5S. The van der Waals surface area contributed by atoms with Crippen LogP contribution in [0.15, 0.2) is 42.5 Å². The van der Waals surface area contributed by atoms with Crippen molar-refractivity contribution in [3.05, 3.63) is 81.0 Å². The molecule has 0 bridgehead atoms. The first-order valence-electron chi connectivity index (χ1n) is 11.7. The molecule has 0 saturated heterocycles. The highest BCUT2D eigenvalue weighted by molar-refractivity contribution is 7.17. The monoisotopic (exact) mass is 495 g/mol. The molecule has 0 radical (unpaired) electrons. The first-order valence-corrected chi connectivity index (χ1v) is 12.5. The predicted octanol–water partition coefficient (Wildman–Crippen LogP) is 5.94. The molecule has 182 valence electrons. The molecule has 5 rings (SSSR count). The fourth-order valence-electron chi connectivity index (χ4n) is 4.34. The van der Waals surface area contributed by atoms with Crippen molar-refractivity contribution < 1.29 is 28.2 Å². The van der Waals surface area contributed by atoms with Gasteiger partial charge in [0, 0.05) is 27.5 Å². The van der Waals surface area contributed by atoms with Crippen LogP contribution in [0.5, 0.6) is 5.75 Å². The normalized spacial score (nSPS) is 16.4. The number of aryl methyl sites for hydroxylation is 1. The van der Waals surface area contributed by atoms with Crippen LogP contribution >= 0.6 is 11.3 Å². The summed E-state index contributed by atoms with van der Waals surface area (Å²) in [6.45, 7) is 3.61. The maximum atomic E-state index is 14.3. The summed E-state index contributed by atoms with van der Waals surface area (Å²) in [7, 11) is 0. The topological polar surface area (TPSA) is 73.9 Å². The fourth-order valence-corrected chi connectivity index (χ4v) is 5.62. The molecule has 1 aliphatic heterocycles. The second-order valence-electron chi connectivity index (χ2n) is 9.01. The van der Waals surface area contributed by atoms with E-state index in [-0.39, 0.29) is 25.0 Å². The van der Waals surface area contributed by atoms with Crippen LogP contribution in [0.2, 0.25) is 0 Å². The van der Waals surface area contributed by atoms with Crippen molar-refractivity contribution in [1.29, 1.82) is 0 Å². The molecule has 0 spiro atoms. The Labute approximate surface area is 207 Å². The van der Waals surface area contributed by atoms with Crippen molar-refractivity contribution in [2.75, 3.05) is 5.32 Å². The van der Waals surface area contributed by atoms with E-state index in [1.807, 2.05) is 30.3 Å². The summed E-state index contributed by atoms with van der Waals surface area (Å²) in [5.74, 6) is -0.900. The summed E-state index contributed by atoms with van der Waals surface area (Å²) >= 11 is 1.43. The van der Waals surface area contributed by atoms with Gasteiger partial charge in [-0.3, -0.25) is 4.79 Å². The molecule has 8 heteroatoms. The molecule has 3 aromatic rings. The third kappa shape index (κ3) is 4.81. The Balaban J connectivity index is 1.38. The number of rotatable bonds is 6. The highest BCUT2D eigenvalue weighted by Gasteiger charge is 2.30.